The summed E-state index contributed by atoms with van der Waals surface area (Å²) in [7, 11) is -3.44. The number of sulfone groups is 1. The van der Waals surface area contributed by atoms with Crippen LogP contribution in [0.2, 0.25) is 0 Å². The molecule has 0 aliphatic carbocycles. The maximum atomic E-state index is 12.6. The second-order valence-electron chi connectivity index (χ2n) is 6.73. The standard InChI is InChI=1S/C18H27NO5S/c1-11(2)19(12(3)4)17(20)14(6)24-18(21)16-10-15(25(7,22)23)9-8-13(16)5/h8-12,14H,1-7H3. The van der Waals surface area contributed by atoms with E-state index in [-0.39, 0.29) is 28.4 Å². The van der Waals surface area contributed by atoms with Crippen molar-refractivity contribution in [1.82, 2.24) is 4.90 Å². The predicted octanol–water partition coefficient (Wildman–Crippen LogP) is 2.59. The summed E-state index contributed by atoms with van der Waals surface area (Å²) in [5.41, 5.74) is 0.727. The van der Waals surface area contributed by atoms with E-state index in [0.717, 1.165) is 6.26 Å². The summed E-state index contributed by atoms with van der Waals surface area (Å²) >= 11 is 0. The number of esters is 1. The van der Waals surface area contributed by atoms with Crippen molar-refractivity contribution in [2.75, 3.05) is 6.26 Å². The highest BCUT2D eigenvalue weighted by Crippen LogP contribution is 2.18. The summed E-state index contributed by atoms with van der Waals surface area (Å²) in [5.74, 6) is -0.994. The zero-order chi connectivity index (χ0) is 19.5. The van der Waals surface area contributed by atoms with Gasteiger partial charge in [0.25, 0.3) is 5.91 Å². The molecular weight excluding hydrogens is 342 g/mol. The molecule has 0 bridgehead atoms. The molecule has 0 heterocycles. The summed E-state index contributed by atoms with van der Waals surface area (Å²) in [6, 6.07) is 4.23. The van der Waals surface area contributed by atoms with Crippen LogP contribution in [-0.4, -0.2) is 49.6 Å². The van der Waals surface area contributed by atoms with Crippen LogP contribution in [0.15, 0.2) is 23.1 Å². The van der Waals surface area contributed by atoms with Gasteiger partial charge >= 0.3 is 5.97 Å². The zero-order valence-electron chi connectivity index (χ0n) is 15.9. The molecule has 0 saturated carbocycles. The van der Waals surface area contributed by atoms with Crippen molar-refractivity contribution in [3.05, 3.63) is 29.3 Å². The fraction of sp³-hybridized carbons (Fsp3) is 0.556. The minimum absolute atomic E-state index is 0.0241. The largest absolute Gasteiger partial charge is 0.449 e. The van der Waals surface area contributed by atoms with Crippen LogP contribution in [0, 0.1) is 6.92 Å². The minimum atomic E-state index is -3.44. The van der Waals surface area contributed by atoms with Crippen LogP contribution in [0.5, 0.6) is 0 Å². The van der Waals surface area contributed by atoms with Gasteiger partial charge in [0, 0.05) is 18.3 Å². The van der Waals surface area contributed by atoms with Crippen molar-refractivity contribution in [2.45, 2.75) is 64.6 Å². The molecule has 25 heavy (non-hydrogen) atoms. The highest BCUT2D eigenvalue weighted by Gasteiger charge is 2.28. The summed E-state index contributed by atoms with van der Waals surface area (Å²) in [4.78, 5) is 26.7. The molecule has 0 spiro atoms. The van der Waals surface area contributed by atoms with Crippen molar-refractivity contribution in [2.24, 2.45) is 0 Å². The van der Waals surface area contributed by atoms with E-state index in [2.05, 4.69) is 0 Å². The van der Waals surface area contributed by atoms with Crippen LogP contribution < -0.4 is 0 Å². The molecule has 6 nitrogen and oxygen atoms in total. The molecule has 0 fully saturated rings. The number of nitrogens with zero attached hydrogens (tertiary/aromatic N) is 1. The highest BCUT2D eigenvalue weighted by atomic mass is 32.2. The Bertz CT molecular complexity index is 745. The van der Waals surface area contributed by atoms with Crippen molar-refractivity contribution in [3.63, 3.8) is 0 Å². The predicted molar refractivity (Wildman–Crippen MR) is 96.3 cm³/mol. The van der Waals surface area contributed by atoms with Crippen molar-refractivity contribution >= 4 is 21.7 Å². The van der Waals surface area contributed by atoms with Crippen molar-refractivity contribution in [3.8, 4) is 0 Å². The maximum Gasteiger partial charge on any atom is 0.339 e. The number of hydrogen-bond acceptors (Lipinski definition) is 5. The summed E-state index contributed by atoms with van der Waals surface area (Å²) in [6.07, 6.45) is 0.112. The second kappa shape index (κ2) is 7.99. The van der Waals surface area contributed by atoms with E-state index in [9.17, 15) is 18.0 Å². The van der Waals surface area contributed by atoms with Crippen LogP contribution in [-0.2, 0) is 19.4 Å². The average molecular weight is 369 g/mol. The Hall–Kier alpha value is -1.89. The summed E-state index contributed by atoms with van der Waals surface area (Å²) in [6.45, 7) is 10.8. The van der Waals surface area contributed by atoms with Gasteiger partial charge in [-0.3, -0.25) is 4.79 Å². The Morgan fingerprint density at radius 2 is 1.56 bits per heavy atom. The van der Waals surface area contributed by atoms with Crippen LogP contribution in [0.25, 0.3) is 0 Å². The van der Waals surface area contributed by atoms with Gasteiger partial charge in [0.05, 0.1) is 10.5 Å². The SMILES string of the molecule is Cc1ccc(S(C)(=O)=O)cc1C(=O)OC(C)C(=O)N(C(C)C)C(C)C. The van der Waals surface area contributed by atoms with Crippen LogP contribution in [0.4, 0.5) is 0 Å². The van der Waals surface area contributed by atoms with E-state index in [4.69, 9.17) is 4.74 Å². The molecule has 0 aliphatic heterocycles. The van der Waals surface area contributed by atoms with Gasteiger partial charge < -0.3 is 9.64 Å². The molecule has 1 aromatic carbocycles. The molecule has 0 aromatic heterocycles. The van der Waals surface area contributed by atoms with Gasteiger partial charge in [0.1, 0.15) is 0 Å². The minimum Gasteiger partial charge on any atom is -0.449 e. The Balaban J connectivity index is 3.04. The first kappa shape index (κ1) is 21.2. The topological polar surface area (TPSA) is 80.7 Å². The Morgan fingerprint density at radius 3 is 2.00 bits per heavy atom. The van der Waals surface area contributed by atoms with E-state index >= 15 is 0 Å². The molecule has 1 unspecified atom stereocenters. The number of benzene rings is 1. The maximum absolute atomic E-state index is 12.6. The lowest BCUT2D eigenvalue weighted by Gasteiger charge is -2.32. The first-order chi connectivity index (χ1) is 11.4. The number of carbonyl (C=O) groups excluding carboxylic acids is 2. The third kappa shape index (κ3) is 5.29. The molecule has 1 amide bonds. The van der Waals surface area contributed by atoms with E-state index < -0.39 is 21.9 Å². The molecule has 0 saturated heterocycles. The normalized spacial score (nSPS) is 13.0. The number of ether oxygens (including phenoxy) is 1. The van der Waals surface area contributed by atoms with Crippen molar-refractivity contribution in [1.29, 1.82) is 0 Å². The molecule has 7 heteroatoms. The van der Waals surface area contributed by atoms with Gasteiger partial charge in [-0.05, 0) is 59.2 Å². The monoisotopic (exact) mass is 369 g/mol. The molecule has 1 rings (SSSR count). The van der Waals surface area contributed by atoms with Gasteiger partial charge in [-0.25, -0.2) is 13.2 Å². The first-order valence-corrected chi connectivity index (χ1v) is 10.1. The fourth-order valence-electron chi connectivity index (χ4n) is 2.64. The third-order valence-electron chi connectivity index (χ3n) is 3.86. The Labute approximate surface area is 150 Å². The fourth-order valence-corrected chi connectivity index (χ4v) is 3.29. The lowest BCUT2D eigenvalue weighted by Crippen LogP contribution is -2.47. The average Bonchev–Trinajstić information content (AvgIpc) is 2.45. The molecule has 0 N–H and O–H groups in total. The van der Waals surface area contributed by atoms with E-state index in [0.29, 0.717) is 5.56 Å². The molecule has 0 aliphatic rings. The van der Waals surface area contributed by atoms with Crippen LogP contribution in [0.3, 0.4) is 0 Å². The Morgan fingerprint density at radius 1 is 1.04 bits per heavy atom. The molecule has 0 radical (unpaired) electrons. The summed E-state index contributed by atoms with van der Waals surface area (Å²) in [5, 5.41) is 0. The molecule has 1 atom stereocenters. The number of hydrogen-bond donors (Lipinski definition) is 0. The van der Waals surface area contributed by atoms with Crippen LogP contribution >= 0.6 is 0 Å². The van der Waals surface area contributed by atoms with E-state index in [1.165, 1.54) is 19.1 Å². The van der Waals surface area contributed by atoms with Gasteiger partial charge in [0.2, 0.25) is 0 Å². The van der Waals surface area contributed by atoms with Gasteiger partial charge in [-0.15, -0.1) is 0 Å². The molecule has 1 aromatic rings. The lowest BCUT2D eigenvalue weighted by atomic mass is 10.1. The molecule has 140 valence electrons. The Kier molecular flexibility index (Phi) is 6.76. The smallest absolute Gasteiger partial charge is 0.339 e. The number of carbonyl (C=O) groups is 2. The van der Waals surface area contributed by atoms with E-state index in [1.807, 2.05) is 27.7 Å². The van der Waals surface area contributed by atoms with Crippen LogP contribution in [0.1, 0.15) is 50.5 Å². The second-order valence-corrected chi connectivity index (χ2v) is 8.75. The quantitative estimate of drug-likeness (QED) is 0.720. The van der Waals surface area contributed by atoms with Gasteiger partial charge in [0.15, 0.2) is 15.9 Å². The first-order valence-electron chi connectivity index (χ1n) is 8.20. The lowest BCUT2D eigenvalue weighted by molar-refractivity contribution is -0.143. The number of amides is 1. The van der Waals surface area contributed by atoms with E-state index in [1.54, 1.807) is 17.9 Å². The zero-order valence-corrected chi connectivity index (χ0v) is 16.7. The number of rotatable bonds is 6. The summed E-state index contributed by atoms with van der Waals surface area (Å²) < 4.78 is 28.7. The number of aryl methyl sites for hydroxylation is 1. The van der Waals surface area contributed by atoms with Gasteiger partial charge in [-0.1, -0.05) is 6.07 Å². The molecular formula is C18H27NO5S. The third-order valence-corrected chi connectivity index (χ3v) is 4.97. The van der Waals surface area contributed by atoms with Crippen molar-refractivity contribution < 1.29 is 22.7 Å². The highest BCUT2D eigenvalue weighted by molar-refractivity contribution is 7.90. The van der Waals surface area contributed by atoms with Gasteiger partial charge in [-0.2, -0.15) is 0 Å².